The third kappa shape index (κ3) is 2.38. The van der Waals surface area contributed by atoms with Crippen molar-refractivity contribution in [1.82, 2.24) is 0 Å². The third-order valence-electron chi connectivity index (χ3n) is 1.93. The molecule has 1 aromatic carbocycles. The Morgan fingerprint density at radius 3 is 2.75 bits per heavy atom. The molecule has 0 bridgehead atoms. The minimum atomic E-state index is -0.721. The number of hydrogen-bond donors (Lipinski definition) is 3. The molecule has 0 radical (unpaired) electrons. The Hall–Kier alpha value is -2.31. The largest absolute Gasteiger partial charge is 0.500 e. The number of amidine groups is 1. The third-order valence-corrected chi connectivity index (χ3v) is 1.93. The molecular formula is C9H11N3O4. The topological polar surface area (TPSA) is 122 Å². The van der Waals surface area contributed by atoms with E-state index in [1.54, 1.807) is 0 Å². The molecule has 0 atom stereocenters. The van der Waals surface area contributed by atoms with Crippen LogP contribution in [0.5, 0.6) is 11.5 Å². The van der Waals surface area contributed by atoms with E-state index in [1.807, 2.05) is 0 Å². The molecular weight excluding hydrogens is 214 g/mol. The van der Waals surface area contributed by atoms with Crippen LogP contribution in [0.15, 0.2) is 12.1 Å². The standard InChI is InChI=1S/C9H11N3O4/c1-16-7-3-5(4-8(10)11)2-6(9(7)13)12(14)15/h2-3,13H,4H2,1H3,(H3,10,11). The summed E-state index contributed by atoms with van der Waals surface area (Å²) in [6.45, 7) is 0. The zero-order valence-electron chi connectivity index (χ0n) is 8.56. The predicted molar refractivity (Wildman–Crippen MR) is 56.9 cm³/mol. The Bertz CT molecular complexity index is 445. The number of nitrogens with zero attached hydrogens (tertiary/aromatic N) is 1. The minimum Gasteiger partial charge on any atom is -0.500 e. The summed E-state index contributed by atoms with van der Waals surface area (Å²) in [5.74, 6) is -0.660. The molecule has 0 heterocycles. The van der Waals surface area contributed by atoms with Gasteiger partial charge in [-0.25, -0.2) is 0 Å². The van der Waals surface area contributed by atoms with Crippen LogP contribution in [0, 0.1) is 15.5 Å². The van der Waals surface area contributed by atoms with Crippen molar-refractivity contribution < 1.29 is 14.8 Å². The maximum Gasteiger partial charge on any atom is 0.314 e. The van der Waals surface area contributed by atoms with Crippen molar-refractivity contribution in [3.8, 4) is 11.5 Å². The van der Waals surface area contributed by atoms with Gasteiger partial charge in [0.05, 0.1) is 17.9 Å². The van der Waals surface area contributed by atoms with Crippen molar-refractivity contribution in [3.63, 3.8) is 0 Å². The first-order valence-electron chi connectivity index (χ1n) is 4.33. The lowest BCUT2D eigenvalue weighted by Gasteiger charge is -2.06. The van der Waals surface area contributed by atoms with E-state index in [1.165, 1.54) is 19.2 Å². The van der Waals surface area contributed by atoms with Gasteiger partial charge in [-0.3, -0.25) is 15.5 Å². The molecule has 1 rings (SSSR count). The fraction of sp³-hybridized carbons (Fsp3) is 0.222. The molecule has 0 aromatic heterocycles. The Labute approximate surface area is 91.1 Å². The maximum absolute atomic E-state index is 10.6. The molecule has 86 valence electrons. The summed E-state index contributed by atoms with van der Waals surface area (Å²) in [6, 6.07) is 2.57. The van der Waals surface area contributed by atoms with E-state index in [0.717, 1.165) is 0 Å². The number of nitro groups is 1. The average Bonchev–Trinajstić information content (AvgIpc) is 2.19. The molecule has 7 nitrogen and oxygen atoms in total. The molecule has 4 N–H and O–H groups in total. The lowest BCUT2D eigenvalue weighted by atomic mass is 10.1. The number of benzene rings is 1. The molecule has 0 aliphatic rings. The molecule has 0 aliphatic heterocycles. The van der Waals surface area contributed by atoms with E-state index in [4.69, 9.17) is 15.9 Å². The van der Waals surface area contributed by atoms with E-state index in [0.29, 0.717) is 5.56 Å². The number of nitrogens with two attached hydrogens (primary N) is 1. The number of aromatic hydroxyl groups is 1. The number of rotatable bonds is 4. The molecule has 0 fully saturated rings. The Kier molecular flexibility index (Phi) is 3.29. The molecule has 0 amide bonds. The fourth-order valence-corrected chi connectivity index (χ4v) is 1.27. The van der Waals surface area contributed by atoms with Gasteiger partial charge in [0.15, 0.2) is 5.75 Å². The highest BCUT2D eigenvalue weighted by Crippen LogP contribution is 2.36. The van der Waals surface area contributed by atoms with Gasteiger partial charge < -0.3 is 15.6 Å². The van der Waals surface area contributed by atoms with E-state index in [9.17, 15) is 15.2 Å². The second-order valence-corrected chi connectivity index (χ2v) is 3.12. The number of phenolic OH excluding ortho intramolecular Hbond substituents is 1. The molecule has 7 heteroatoms. The summed E-state index contributed by atoms with van der Waals surface area (Å²) >= 11 is 0. The van der Waals surface area contributed by atoms with Crippen molar-refractivity contribution in [2.45, 2.75) is 6.42 Å². The van der Waals surface area contributed by atoms with Gasteiger partial charge in [0.25, 0.3) is 0 Å². The summed E-state index contributed by atoms with van der Waals surface area (Å²) in [5, 5.41) is 27.2. The van der Waals surface area contributed by atoms with Crippen LogP contribution in [0.1, 0.15) is 5.56 Å². The van der Waals surface area contributed by atoms with Crippen LogP contribution >= 0.6 is 0 Å². The van der Waals surface area contributed by atoms with Gasteiger partial charge in [-0.2, -0.15) is 0 Å². The number of nitrogens with one attached hydrogen (secondary N) is 1. The zero-order valence-corrected chi connectivity index (χ0v) is 8.56. The van der Waals surface area contributed by atoms with E-state index in [-0.39, 0.29) is 18.0 Å². The molecule has 0 unspecified atom stereocenters. The molecule has 0 spiro atoms. The lowest BCUT2D eigenvalue weighted by molar-refractivity contribution is -0.386. The van der Waals surface area contributed by atoms with Gasteiger partial charge in [-0.1, -0.05) is 0 Å². The molecule has 0 aliphatic carbocycles. The van der Waals surface area contributed by atoms with Crippen LogP contribution < -0.4 is 10.5 Å². The second-order valence-electron chi connectivity index (χ2n) is 3.12. The monoisotopic (exact) mass is 225 g/mol. The smallest absolute Gasteiger partial charge is 0.314 e. The summed E-state index contributed by atoms with van der Waals surface area (Å²) in [6.07, 6.45) is 0.0669. The number of ether oxygens (including phenoxy) is 1. The second kappa shape index (κ2) is 4.47. The molecule has 0 saturated heterocycles. The Balaban J connectivity index is 3.28. The van der Waals surface area contributed by atoms with Crippen molar-refractivity contribution in [2.24, 2.45) is 5.73 Å². The predicted octanol–water partition coefficient (Wildman–Crippen LogP) is 0.787. The van der Waals surface area contributed by atoms with E-state index in [2.05, 4.69) is 0 Å². The van der Waals surface area contributed by atoms with Gasteiger partial charge in [0.1, 0.15) is 0 Å². The van der Waals surface area contributed by atoms with Gasteiger partial charge in [0, 0.05) is 12.5 Å². The van der Waals surface area contributed by atoms with Crippen LogP contribution in [0.3, 0.4) is 0 Å². The Morgan fingerprint density at radius 1 is 1.69 bits per heavy atom. The number of methoxy groups -OCH3 is 1. The van der Waals surface area contributed by atoms with Gasteiger partial charge in [-0.15, -0.1) is 0 Å². The highest BCUT2D eigenvalue weighted by Gasteiger charge is 2.19. The minimum absolute atomic E-state index is 0.00884. The molecule has 1 aromatic rings. The first kappa shape index (κ1) is 11.8. The van der Waals surface area contributed by atoms with Crippen LogP contribution in [0.2, 0.25) is 0 Å². The van der Waals surface area contributed by atoms with Crippen LogP contribution in [0.25, 0.3) is 0 Å². The lowest BCUT2D eigenvalue weighted by Crippen LogP contribution is -2.12. The maximum atomic E-state index is 10.6. The van der Waals surface area contributed by atoms with Gasteiger partial charge in [-0.05, 0) is 11.6 Å². The number of nitro benzene ring substituents is 1. The first-order valence-corrected chi connectivity index (χ1v) is 4.33. The summed E-state index contributed by atoms with van der Waals surface area (Å²) in [7, 11) is 1.29. The van der Waals surface area contributed by atoms with Gasteiger partial charge in [0.2, 0.25) is 5.75 Å². The zero-order chi connectivity index (χ0) is 12.3. The Morgan fingerprint density at radius 2 is 2.31 bits per heavy atom. The van der Waals surface area contributed by atoms with Crippen LogP contribution in [0.4, 0.5) is 5.69 Å². The highest BCUT2D eigenvalue weighted by molar-refractivity contribution is 5.80. The summed E-state index contributed by atoms with van der Waals surface area (Å²) in [5.41, 5.74) is 5.17. The number of hydrogen-bond acceptors (Lipinski definition) is 5. The number of phenols is 1. The molecule has 16 heavy (non-hydrogen) atoms. The normalized spacial score (nSPS) is 9.81. The first-order chi connectivity index (χ1) is 7.45. The van der Waals surface area contributed by atoms with Crippen molar-refractivity contribution in [1.29, 1.82) is 5.41 Å². The summed E-state index contributed by atoms with van der Waals surface area (Å²) in [4.78, 5) is 9.91. The van der Waals surface area contributed by atoms with Crippen molar-refractivity contribution in [2.75, 3.05) is 7.11 Å². The summed E-state index contributed by atoms with van der Waals surface area (Å²) < 4.78 is 4.79. The van der Waals surface area contributed by atoms with Crippen LogP contribution in [-0.4, -0.2) is 23.0 Å². The van der Waals surface area contributed by atoms with Crippen molar-refractivity contribution in [3.05, 3.63) is 27.8 Å². The quantitative estimate of drug-likeness (QED) is 0.302. The highest BCUT2D eigenvalue weighted by atomic mass is 16.6. The van der Waals surface area contributed by atoms with Gasteiger partial charge >= 0.3 is 5.69 Å². The fourth-order valence-electron chi connectivity index (χ4n) is 1.27. The van der Waals surface area contributed by atoms with E-state index >= 15 is 0 Å². The average molecular weight is 225 g/mol. The SMILES string of the molecule is COc1cc(CC(=N)N)cc([N+](=O)[O-])c1O. The van der Waals surface area contributed by atoms with Crippen LogP contribution in [-0.2, 0) is 6.42 Å². The van der Waals surface area contributed by atoms with Crippen molar-refractivity contribution >= 4 is 11.5 Å². The molecule has 0 saturated carbocycles. The van der Waals surface area contributed by atoms with E-state index < -0.39 is 16.4 Å².